The molecule has 10 heteroatoms. The Hall–Kier alpha value is -1.94. The Morgan fingerprint density at radius 3 is 3.03 bits per heavy atom. The second kappa shape index (κ2) is 7.71. The highest BCUT2D eigenvalue weighted by atomic mass is 35.5. The molecule has 4 aromatic rings. The lowest BCUT2D eigenvalue weighted by molar-refractivity contribution is 0.0969. The number of nitrogens with zero attached hydrogens (tertiary/aromatic N) is 4. The summed E-state index contributed by atoms with van der Waals surface area (Å²) in [4.78, 5) is 13.0. The second-order valence-corrected chi connectivity index (χ2v) is 9.06. The van der Waals surface area contributed by atoms with E-state index in [9.17, 15) is 9.18 Å². The van der Waals surface area contributed by atoms with E-state index in [4.69, 9.17) is 16.3 Å². The van der Waals surface area contributed by atoms with E-state index in [0.29, 0.717) is 45.1 Å². The maximum Gasteiger partial charge on any atom is 0.272 e. The standard InChI is InChI=1S/C19H16ClFN4O2S2/c20-13-4-1-5-14(21)12(13)10-29-19-23-22-18-24(9-11-3-2-7-27-11)17(26)16-15(25(18)19)6-8-28-16/h1,4-6,8,11H,2-3,7,9-10H2/t11-/m0/s1. The number of hydrogen-bond acceptors (Lipinski definition) is 6. The van der Waals surface area contributed by atoms with E-state index in [-0.39, 0.29) is 17.5 Å². The van der Waals surface area contributed by atoms with Gasteiger partial charge in [-0.25, -0.2) is 4.39 Å². The van der Waals surface area contributed by atoms with Gasteiger partial charge >= 0.3 is 0 Å². The molecule has 1 aliphatic rings. The molecule has 1 saturated heterocycles. The molecule has 0 unspecified atom stereocenters. The summed E-state index contributed by atoms with van der Waals surface area (Å²) >= 11 is 8.88. The van der Waals surface area contributed by atoms with Gasteiger partial charge in [-0.1, -0.05) is 29.4 Å². The van der Waals surface area contributed by atoms with Gasteiger partial charge in [0, 0.05) is 22.9 Å². The summed E-state index contributed by atoms with van der Waals surface area (Å²) in [6.45, 7) is 1.16. The minimum atomic E-state index is -0.352. The van der Waals surface area contributed by atoms with Crippen molar-refractivity contribution in [3.63, 3.8) is 0 Å². The molecule has 4 heterocycles. The van der Waals surface area contributed by atoms with Crippen LogP contribution in [0, 0.1) is 5.82 Å². The number of benzene rings is 1. The molecule has 5 rings (SSSR count). The maximum absolute atomic E-state index is 14.1. The van der Waals surface area contributed by atoms with E-state index in [1.54, 1.807) is 16.7 Å². The van der Waals surface area contributed by atoms with Crippen LogP contribution in [0.5, 0.6) is 0 Å². The van der Waals surface area contributed by atoms with Crippen molar-refractivity contribution in [2.24, 2.45) is 0 Å². The minimum absolute atomic E-state index is 0.000985. The molecule has 1 atom stereocenters. The third-order valence-corrected chi connectivity index (χ3v) is 7.20. The summed E-state index contributed by atoms with van der Waals surface area (Å²) in [7, 11) is 0. The zero-order chi connectivity index (χ0) is 20.0. The topological polar surface area (TPSA) is 61.4 Å². The zero-order valence-corrected chi connectivity index (χ0v) is 17.6. The van der Waals surface area contributed by atoms with Crippen molar-refractivity contribution in [3.8, 4) is 0 Å². The van der Waals surface area contributed by atoms with E-state index in [1.165, 1.54) is 29.2 Å². The van der Waals surface area contributed by atoms with Crippen LogP contribution in [-0.4, -0.2) is 31.9 Å². The molecule has 0 bridgehead atoms. The molecule has 6 nitrogen and oxygen atoms in total. The Morgan fingerprint density at radius 2 is 2.24 bits per heavy atom. The van der Waals surface area contributed by atoms with E-state index in [2.05, 4.69) is 10.2 Å². The highest BCUT2D eigenvalue weighted by molar-refractivity contribution is 7.98. The quantitative estimate of drug-likeness (QED) is 0.422. The Balaban J connectivity index is 1.58. The fraction of sp³-hybridized carbons (Fsp3) is 0.316. The molecule has 1 aromatic carbocycles. The molecule has 0 spiro atoms. The van der Waals surface area contributed by atoms with Gasteiger partial charge in [-0.2, -0.15) is 0 Å². The monoisotopic (exact) mass is 450 g/mol. The number of ether oxygens (including phenoxy) is 1. The van der Waals surface area contributed by atoms with Crippen molar-refractivity contribution in [2.75, 3.05) is 6.61 Å². The lowest BCUT2D eigenvalue weighted by Crippen LogP contribution is -2.28. The summed E-state index contributed by atoms with van der Waals surface area (Å²) in [5.41, 5.74) is 1.09. The number of fused-ring (bicyclic) bond motifs is 3. The van der Waals surface area contributed by atoms with Crippen molar-refractivity contribution in [1.29, 1.82) is 0 Å². The molecule has 1 aliphatic heterocycles. The van der Waals surface area contributed by atoms with Crippen LogP contribution in [-0.2, 0) is 17.0 Å². The highest BCUT2D eigenvalue weighted by Crippen LogP contribution is 2.30. The fourth-order valence-corrected chi connectivity index (χ4v) is 5.66. The van der Waals surface area contributed by atoms with Gasteiger partial charge in [0.2, 0.25) is 5.78 Å². The largest absolute Gasteiger partial charge is 0.376 e. The number of thiophene rings is 1. The summed E-state index contributed by atoms with van der Waals surface area (Å²) in [6, 6.07) is 6.52. The first kappa shape index (κ1) is 19.0. The number of rotatable bonds is 5. The van der Waals surface area contributed by atoms with Crippen molar-refractivity contribution in [2.45, 2.75) is 36.4 Å². The average molecular weight is 451 g/mol. The first-order valence-electron chi connectivity index (χ1n) is 9.16. The van der Waals surface area contributed by atoms with Crippen LogP contribution in [0.2, 0.25) is 5.02 Å². The molecule has 1 fully saturated rings. The molecular weight excluding hydrogens is 435 g/mol. The van der Waals surface area contributed by atoms with Crippen molar-refractivity contribution in [1.82, 2.24) is 19.2 Å². The maximum atomic E-state index is 14.1. The predicted octanol–water partition coefficient (Wildman–Crippen LogP) is 4.37. The highest BCUT2D eigenvalue weighted by Gasteiger charge is 2.23. The fourth-order valence-electron chi connectivity index (χ4n) is 3.56. The predicted molar refractivity (Wildman–Crippen MR) is 113 cm³/mol. The first-order chi connectivity index (χ1) is 14.1. The average Bonchev–Trinajstić information content (AvgIpc) is 3.44. The van der Waals surface area contributed by atoms with Crippen LogP contribution in [0.15, 0.2) is 39.6 Å². The molecule has 0 amide bonds. The normalized spacial score (nSPS) is 17.0. The molecule has 29 heavy (non-hydrogen) atoms. The van der Waals surface area contributed by atoms with Gasteiger partial charge in [-0.3, -0.25) is 13.8 Å². The summed E-state index contributed by atoms with van der Waals surface area (Å²) in [5.74, 6) is 0.427. The number of aromatic nitrogens is 4. The third-order valence-electron chi connectivity index (χ3n) is 5.00. The van der Waals surface area contributed by atoms with Gasteiger partial charge in [0.25, 0.3) is 5.56 Å². The minimum Gasteiger partial charge on any atom is -0.376 e. The Bertz CT molecular complexity index is 1240. The smallest absolute Gasteiger partial charge is 0.272 e. The molecule has 0 saturated carbocycles. The lowest BCUT2D eigenvalue weighted by Gasteiger charge is -2.13. The van der Waals surface area contributed by atoms with E-state index in [1.807, 2.05) is 15.8 Å². The van der Waals surface area contributed by atoms with Gasteiger partial charge in [-0.05, 0) is 36.4 Å². The van der Waals surface area contributed by atoms with Crippen molar-refractivity contribution >= 4 is 50.7 Å². The van der Waals surface area contributed by atoms with E-state index in [0.717, 1.165) is 18.4 Å². The molecular formula is C19H16ClFN4O2S2. The molecule has 0 aliphatic carbocycles. The number of hydrogen-bond donors (Lipinski definition) is 0. The van der Waals surface area contributed by atoms with Crippen molar-refractivity contribution in [3.05, 3.63) is 56.4 Å². The summed E-state index contributed by atoms with van der Waals surface area (Å²) in [5, 5.41) is 11.4. The Labute approximate surface area is 178 Å². The molecule has 0 radical (unpaired) electrons. The van der Waals surface area contributed by atoms with Crippen LogP contribution >= 0.6 is 34.7 Å². The lowest BCUT2D eigenvalue weighted by atomic mass is 10.2. The summed E-state index contributed by atoms with van der Waals surface area (Å²) in [6.07, 6.45) is 1.91. The SMILES string of the molecule is O=c1c2sccc2n2c(SCc3c(F)cccc3Cl)nnc2n1C[C@@H]1CCCO1. The van der Waals surface area contributed by atoms with Crippen LogP contribution in [0.25, 0.3) is 16.0 Å². The second-order valence-electron chi connectivity index (χ2n) is 6.79. The molecule has 150 valence electrons. The Morgan fingerprint density at radius 1 is 1.34 bits per heavy atom. The van der Waals surface area contributed by atoms with Gasteiger partial charge in [0.1, 0.15) is 10.5 Å². The van der Waals surface area contributed by atoms with Crippen LogP contribution in [0.4, 0.5) is 4.39 Å². The van der Waals surface area contributed by atoms with Crippen molar-refractivity contribution < 1.29 is 9.13 Å². The Kier molecular flexibility index (Phi) is 5.07. The zero-order valence-electron chi connectivity index (χ0n) is 15.2. The van der Waals surface area contributed by atoms with E-state index < -0.39 is 0 Å². The van der Waals surface area contributed by atoms with Gasteiger partial charge in [-0.15, -0.1) is 21.5 Å². The number of thioether (sulfide) groups is 1. The van der Waals surface area contributed by atoms with Gasteiger partial charge in [0.05, 0.1) is 18.2 Å². The summed E-state index contributed by atoms with van der Waals surface area (Å²) < 4.78 is 24.0. The van der Waals surface area contributed by atoms with Crippen LogP contribution in [0.1, 0.15) is 18.4 Å². The molecule has 3 aromatic heterocycles. The van der Waals surface area contributed by atoms with Crippen LogP contribution in [0.3, 0.4) is 0 Å². The molecule has 0 N–H and O–H groups in total. The third kappa shape index (κ3) is 3.35. The van der Waals surface area contributed by atoms with Crippen LogP contribution < -0.4 is 5.56 Å². The first-order valence-corrected chi connectivity index (χ1v) is 11.4. The van der Waals surface area contributed by atoms with Gasteiger partial charge < -0.3 is 4.74 Å². The number of halogens is 2. The van der Waals surface area contributed by atoms with E-state index >= 15 is 0 Å². The van der Waals surface area contributed by atoms with Gasteiger partial charge in [0.15, 0.2) is 5.16 Å².